The lowest BCUT2D eigenvalue weighted by Gasteiger charge is -2.31. The SMILES string of the molecule is COc1ccc(Cc2nccc(CCC3CCN(C(C)=O)CC3)n2)cc1OCCCN1CCCC1=O. The minimum absolute atomic E-state index is 0.180. The fourth-order valence-corrected chi connectivity index (χ4v) is 5.06. The number of aromatic nitrogens is 2. The van der Waals surface area contributed by atoms with Gasteiger partial charge in [-0.3, -0.25) is 9.59 Å². The first kappa shape index (κ1) is 25.9. The zero-order valence-electron chi connectivity index (χ0n) is 21.6. The van der Waals surface area contributed by atoms with E-state index in [1.54, 1.807) is 14.0 Å². The van der Waals surface area contributed by atoms with Crippen LogP contribution in [0.2, 0.25) is 0 Å². The summed E-state index contributed by atoms with van der Waals surface area (Å²) in [6.07, 6.45) is 9.03. The molecule has 8 heteroatoms. The average molecular weight is 495 g/mol. The van der Waals surface area contributed by atoms with Crippen molar-refractivity contribution in [2.24, 2.45) is 5.92 Å². The van der Waals surface area contributed by atoms with Crippen LogP contribution in [0.25, 0.3) is 0 Å². The number of ether oxygens (including phenoxy) is 2. The van der Waals surface area contributed by atoms with E-state index in [9.17, 15) is 9.59 Å². The third-order valence-electron chi connectivity index (χ3n) is 7.22. The van der Waals surface area contributed by atoms with E-state index in [-0.39, 0.29) is 11.8 Å². The summed E-state index contributed by atoms with van der Waals surface area (Å²) in [5.74, 6) is 3.26. The van der Waals surface area contributed by atoms with Crippen LogP contribution in [0.3, 0.4) is 0 Å². The second-order valence-electron chi connectivity index (χ2n) is 9.80. The maximum Gasteiger partial charge on any atom is 0.222 e. The summed E-state index contributed by atoms with van der Waals surface area (Å²) < 4.78 is 11.5. The Bertz CT molecular complexity index is 1040. The molecule has 2 aromatic rings. The number of benzene rings is 1. The van der Waals surface area contributed by atoms with Crippen molar-refractivity contribution in [1.82, 2.24) is 19.8 Å². The normalized spacial score (nSPS) is 16.4. The van der Waals surface area contributed by atoms with Gasteiger partial charge in [0.1, 0.15) is 5.82 Å². The summed E-state index contributed by atoms with van der Waals surface area (Å²) in [6, 6.07) is 7.94. The van der Waals surface area contributed by atoms with Gasteiger partial charge in [0, 0.05) is 57.8 Å². The quantitative estimate of drug-likeness (QED) is 0.443. The van der Waals surface area contributed by atoms with Crippen LogP contribution in [0.1, 0.15) is 62.5 Å². The number of methoxy groups -OCH3 is 1. The van der Waals surface area contributed by atoms with Gasteiger partial charge in [0.25, 0.3) is 0 Å². The van der Waals surface area contributed by atoms with Crippen molar-refractivity contribution in [3.8, 4) is 11.5 Å². The lowest BCUT2D eigenvalue weighted by Crippen LogP contribution is -2.37. The number of rotatable bonds is 11. The zero-order valence-corrected chi connectivity index (χ0v) is 21.6. The number of carbonyl (C=O) groups is 2. The van der Waals surface area contributed by atoms with Crippen molar-refractivity contribution in [3.05, 3.63) is 47.5 Å². The Morgan fingerprint density at radius 3 is 2.69 bits per heavy atom. The summed E-state index contributed by atoms with van der Waals surface area (Å²) in [4.78, 5) is 36.5. The van der Waals surface area contributed by atoms with Crippen molar-refractivity contribution in [1.29, 1.82) is 0 Å². The molecule has 194 valence electrons. The molecule has 36 heavy (non-hydrogen) atoms. The first-order valence-corrected chi connectivity index (χ1v) is 13.2. The molecule has 2 saturated heterocycles. The number of likely N-dealkylation sites (tertiary alicyclic amines) is 2. The first-order chi connectivity index (χ1) is 17.5. The van der Waals surface area contributed by atoms with Crippen LogP contribution in [0, 0.1) is 5.92 Å². The van der Waals surface area contributed by atoms with Crippen molar-refractivity contribution in [2.75, 3.05) is 39.9 Å². The highest BCUT2D eigenvalue weighted by molar-refractivity contribution is 5.78. The number of amides is 2. The van der Waals surface area contributed by atoms with E-state index < -0.39 is 0 Å². The minimum Gasteiger partial charge on any atom is -0.493 e. The van der Waals surface area contributed by atoms with E-state index in [4.69, 9.17) is 14.5 Å². The van der Waals surface area contributed by atoms with Crippen LogP contribution >= 0.6 is 0 Å². The van der Waals surface area contributed by atoms with E-state index in [0.29, 0.717) is 36.9 Å². The van der Waals surface area contributed by atoms with E-state index in [1.165, 1.54) is 0 Å². The molecule has 2 amide bonds. The summed E-state index contributed by atoms with van der Waals surface area (Å²) in [5.41, 5.74) is 2.13. The van der Waals surface area contributed by atoms with Crippen LogP contribution in [0.4, 0.5) is 0 Å². The topological polar surface area (TPSA) is 84.9 Å². The predicted octanol–water partition coefficient (Wildman–Crippen LogP) is 3.66. The van der Waals surface area contributed by atoms with Crippen LogP contribution in [-0.4, -0.2) is 71.5 Å². The molecule has 0 radical (unpaired) electrons. The van der Waals surface area contributed by atoms with Gasteiger partial charge in [0.05, 0.1) is 13.7 Å². The van der Waals surface area contributed by atoms with Gasteiger partial charge in [-0.25, -0.2) is 9.97 Å². The maximum absolute atomic E-state index is 11.8. The second kappa shape index (κ2) is 12.7. The Hall–Kier alpha value is -3.16. The van der Waals surface area contributed by atoms with Crippen molar-refractivity contribution >= 4 is 11.8 Å². The molecule has 3 heterocycles. The van der Waals surface area contributed by atoms with Gasteiger partial charge < -0.3 is 19.3 Å². The lowest BCUT2D eigenvalue weighted by atomic mass is 9.91. The van der Waals surface area contributed by atoms with Gasteiger partial charge in [-0.2, -0.15) is 0 Å². The monoisotopic (exact) mass is 494 g/mol. The summed E-state index contributed by atoms with van der Waals surface area (Å²) in [6.45, 7) is 5.51. The molecule has 0 saturated carbocycles. The fourth-order valence-electron chi connectivity index (χ4n) is 5.06. The molecular weight excluding hydrogens is 456 g/mol. The number of aryl methyl sites for hydroxylation is 1. The molecule has 0 unspecified atom stereocenters. The first-order valence-electron chi connectivity index (χ1n) is 13.2. The van der Waals surface area contributed by atoms with Crippen LogP contribution in [0.5, 0.6) is 11.5 Å². The third-order valence-corrected chi connectivity index (χ3v) is 7.22. The predicted molar refractivity (Wildman–Crippen MR) is 137 cm³/mol. The fraction of sp³-hybridized carbons (Fsp3) is 0.571. The van der Waals surface area contributed by atoms with Gasteiger partial charge >= 0.3 is 0 Å². The Labute approximate surface area is 214 Å². The number of nitrogens with zero attached hydrogens (tertiary/aromatic N) is 4. The van der Waals surface area contributed by atoms with E-state index in [0.717, 1.165) is 81.8 Å². The molecule has 4 rings (SSSR count). The van der Waals surface area contributed by atoms with E-state index in [1.807, 2.05) is 40.3 Å². The van der Waals surface area contributed by atoms with Gasteiger partial charge in [0.2, 0.25) is 11.8 Å². The smallest absolute Gasteiger partial charge is 0.222 e. The third kappa shape index (κ3) is 7.18. The van der Waals surface area contributed by atoms with E-state index in [2.05, 4.69) is 4.98 Å². The molecule has 2 aliphatic heterocycles. The van der Waals surface area contributed by atoms with Crippen molar-refractivity contribution in [3.63, 3.8) is 0 Å². The molecule has 0 atom stereocenters. The van der Waals surface area contributed by atoms with Crippen LogP contribution in [-0.2, 0) is 22.4 Å². The second-order valence-corrected chi connectivity index (χ2v) is 9.80. The molecule has 1 aromatic carbocycles. The largest absolute Gasteiger partial charge is 0.493 e. The Balaban J connectivity index is 1.28. The highest BCUT2D eigenvalue weighted by Crippen LogP contribution is 2.29. The molecule has 0 aliphatic carbocycles. The Morgan fingerprint density at radius 2 is 1.97 bits per heavy atom. The van der Waals surface area contributed by atoms with Crippen LogP contribution in [0.15, 0.2) is 30.5 Å². The molecule has 2 fully saturated rings. The molecule has 0 bridgehead atoms. The maximum atomic E-state index is 11.8. The van der Waals surface area contributed by atoms with Crippen LogP contribution < -0.4 is 9.47 Å². The Morgan fingerprint density at radius 1 is 1.14 bits per heavy atom. The molecular formula is C28H38N4O4. The lowest BCUT2D eigenvalue weighted by molar-refractivity contribution is -0.130. The highest BCUT2D eigenvalue weighted by Gasteiger charge is 2.21. The molecule has 8 nitrogen and oxygen atoms in total. The van der Waals surface area contributed by atoms with Gasteiger partial charge in [-0.1, -0.05) is 6.07 Å². The summed E-state index contributed by atoms with van der Waals surface area (Å²) in [5, 5.41) is 0. The van der Waals surface area contributed by atoms with Gasteiger partial charge in [0.15, 0.2) is 11.5 Å². The van der Waals surface area contributed by atoms with Crippen molar-refractivity contribution < 1.29 is 19.1 Å². The molecule has 1 aromatic heterocycles. The number of hydrogen-bond donors (Lipinski definition) is 0. The van der Waals surface area contributed by atoms with Crippen molar-refractivity contribution in [2.45, 2.75) is 58.3 Å². The number of carbonyl (C=O) groups excluding carboxylic acids is 2. The molecule has 0 spiro atoms. The van der Waals surface area contributed by atoms with E-state index >= 15 is 0 Å². The van der Waals surface area contributed by atoms with Gasteiger partial charge in [-0.05, 0) is 68.2 Å². The summed E-state index contributed by atoms with van der Waals surface area (Å²) >= 11 is 0. The number of piperidine rings is 1. The summed E-state index contributed by atoms with van der Waals surface area (Å²) in [7, 11) is 1.64. The standard InChI is InChI=1S/C28H38N4O4/c1-21(33)31-16-11-22(12-17-31)6-8-24-10-13-29-27(30-24)20-23-7-9-25(35-2)26(19-23)36-18-4-15-32-14-3-5-28(32)34/h7,9-10,13,19,22H,3-6,8,11-12,14-18,20H2,1-2H3. The van der Waals surface area contributed by atoms with Gasteiger partial charge in [-0.15, -0.1) is 0 Å². The minimum atomic E-state index is 0.180. The Kier molecular flexibility index (Phi) is 9.14. The number of hydrogen-bond acceptors (Lipinski definition) is 6. The highest BCUT2D eigenvalue weighted by atomic mass is 16.5. The zero-order chi connectivity index (χ0) is 25.3. The molecule has 0 N–H and O–H groups in total. The molecule has 2 aliphatic rings. The average Bonchev–Trinajstić information content (AvgIpc) is 3.30.